The smallest absolute Gasteiger partial charge is 0.423 e. The Kier molecular flexibility index (Phi) is 3.53. The van der Waals surface area contributed by atoms with Crippen LogP contribution < -0.4 is 5.73 Å². The molecule has 3 nitrogen and oxygen atoms in total. The molecule has 0 saturated carbocycles. The van der Waals surface area contributed by atoms with E-state index in [1.165, 1.54) is 0 Å². The molecule has 0 heterocycles. The van der Waals surface area contributed by atoms with Crippen LogP contribution in [0.2, 0.25) is 0 Å². The fraction of sp³-hybridized carbons (Fsp3) is 0.600. The van der Waals surface area contributed by atoms with Gasteiger partial charge in [-0.3, -0.25) is 0 Å². The summed E-state index contributed by atoms with van der Waals surface area (Å²) in [6.45, 7) is 5.20. The summed E-state index contributed by atoms with van der Waals surface area (Å²) in [7, 11) is -1.42. The van der Waals surface area contributed by atoms with Crippen molar-refractivity contribution in [2.45, 2.75) is 19.4 Å². The van der Waals surface area contributed by atoms with Crippen LogP contribution in [-0.4, -0.2) is 23.2 Å². The highest BCUT2D eigenvalue weighted by Gasteiger charge is 2.12. The molecule has 0 aromatic rings. The third-order valence-electron chi connectivity index (χ3n) is 0.949. The molecule has 4 N–H and O–H groups in total. The summed E-state index contributed by atoms with van der Waals surface area (Å²) >= 11 is 0. The second-order valence-electron chi connectivity index (χ2n) is 2.21. The van der Waals surface area contributed by atoms with Gasteiger partial charge in [-0.1, -0.05) is 0 Å². The Labute approximate surface area is 55.3 Å². The molecule has 1 unspecified atom stereocenters. The van der Waals surface area contributed by atoms with Gasteiger partial charge in [0.1, 0.15) is 0 Å². The zero-order chi connectivity index (χ0) is 7.44. The van der Waals surface area contributed by atoms with Crippen molar-refractivity contribution in [3.63, 3.8) is 0 Å². The van der Waals surface area contributed by atoms with Crippen LogP contribution in [0, 0.1) is 0 Å². The maximum absolute atomic E-state index is 8.47. The summed E-state index contributed by atoms with van der Waals surface area (Å²) in [4.78, 5) is 0. The van der Waals surface area contributed by atoms with Crippen LogP contribution in [0.15, 0.2) is 12.1 Å². The third kappa shape index (κ3) is 4.21. The lowest BCUT2D eigenvalue weighted by Gasteiger charge is -2.05. The molecule has 0 saturated heterocycles. The first-order chi connectivity index (χ1) is 4.04. The molecule has 0 aliphatic carbocycles. The maximum Gasteiger partial charge on any atom is 0.483 e. The first kappa shape index (κ1) is 8.68. The molecule has 0 aliphatic heterocycles. The van der Waals surface area contributed by atoms with E-state index in [0.717, 1.165) is 0 Å². The van der Waals surface area contributed by atoms with Crippen molar-refractivity contribution in [2.75, 3.05) is 0 Å². The lowest BCUT2D eigenvalue weighted by molar-refractivity contribution is 0.415. The van der Waals surface area contributed by atoms with Crippen LogP contribution >= 0.6 is 0 Å². The summed E-state index contributed by atoms with van der Waals surface area (Å²) in [5.74, 6) is 0. The molecule has 0 aromatic carbocycles. The molecule has 52 valence electrons. The minimum absolute atomic E-state index is 0.0562. The minimum atomic E-state index is -1.42. The van der Waals surface area contributed by atoms with E-state index in [1.54, 1.807) is 6.92 Å². The highest BCUT2D eigenvalue weighted by Crippen LogP contribution is 2.00. The summed E-state index contributed by atoms with van der Waals surface area (Å²) in [5.41, 5.74) is 5.71. The molecule has 0 bridgehead atoms. The molecule has 0 radical (unpaired) electrons. The van der Waals surface area contributed by atoms with Crippen LogP contribution in [0.1, 0.15) is 13.3 Å². The van der Waals surface area contributed by atoms with Crippen molar-refractivity contribution in [1.82, 2.24) is 0 Å². The molecule has 0 fully saturated rings. The Bertz CT molecular complexity index is 103. The molecule has 0 aliphatic rings. The van der Waals surface area contributed by atoms with Gasteiger partial charge >= 0.3 is 7.12 Å². The van der Waals surface area contributed by atoms with E-state index < -0.39 is 7.12 Å². The van der Waals surface area contributed by atoms with E-state index in [-0.39, 0.29) is 6.04 Å². The van der Waals surface area contributed by atoms with E-state index >= 15 is 0 Å². The second kappa shape index (κ2) is 3.66. The Morgan fingerprint density at radius 1 is 1.78 bits per heavy atom. The SMILES string of the molecule is C=C(CC(C)N)B(O)O. The standard InChI is InChI=1S/C5H12BNO2/c1-4(6(8)9)3-5(2)7/h5,8-9H,1,3,7H2,2H3. The molecule has 0 aromatic heterocycles. The molecule has 9 heavy (non-hydrogen) atoms. The van der Waals surface area contributed by atoms with Gasteiger partial charge in [-0.15, -0.1) is 6.58 Å². The van der Waals surface area contributed by atoms with Gasteiger partial charge in [0.05, 0.1) is 0 Å². The quantitative estimate of drug-likeness (QED) is 0.441. The van der Waals surface area contributed by atoms with Crippen molar-refractivity contribution in [3.8, 4) is 0 Å². The Morgan fingerprint density at radius 2 is 2.22 bits per heavy atom. The first-order valence-corrected chi connectivity index (χ1v) is 2.83. The van der Waals surface area contributed by atoms with Crippen LogP contribution in [-0.2, 0) is 0 Å². The van der Waals surface area contributed by atoms with Gasteiger partial charge in [0.2, 0.25) is 0 Å². The summed E-state index contributed by atoms with van der Waals surface area (Å²) in [6, 6.07) is -0.0562. The predicted molar refractivity (Wildman–Crippen MR) is 37.6 cm³/mol. The van der Waals surface area contributed by atoms with Crippen LogP contribution in [0.4, 0.5) is 0 Å². The first-order valence-electron chi connectivity index (χ1n) is 2.83. The zero-order valence-electron chi connectivity index (χ0n) is 5.54. The van der Waals surface area contributed by atoms with E-state index in [4.69, 9.17) is 15.8 Å². The van der Waals surface area contributed by atoms with Crippen LogP contribution in [0.3, 0.4) is 0 Å². The predicted octanol–water partition coefficient (Wildman–Crippen LogP) is -0.708. The molecule has 4 heteroatoms. The second-order valence-corrected chi connectivity index (χ2v) is 2.21. The number of hydrogen-bond acceptors (Lipinski definition) is 3. The molecular weight excluding hydrogens is 117 g/mol. The molecular formula is C5H12BNO2. The van der Waals surface area contributed by atoms with Crippen molar-refractivity contribution in [1.29, 1.82) is 0 Å². The third-order valence-corrected chi connectivity index (χ3v) is 0.949. The Hall–Kier alpha value is -0.315. The summed E-state index contributed by atoms with van der Waals surface area (Å²) in [6.07, 6.45) is 0.456. The fourth-order valence-corrected chi connectivity index (χ4v) is 0.519. The zero-order valence-corrected chi connectivity index (χ0v) is 5.54. The van der Waals surface area contributed by atoms with Gasteiger partial charge < -0.3 is 15.8 Å². The van der Waals surface area contributed by atoms with Crippen LogP contribution in [0.25, 0.3) is 0 Å². The largest absolute Gasteiger partial charge is 0.483 e. The molecule has 1 atom stereocenters. The van der Waals surface area contributed by atoms with E-state index in [0.29, 0.717) is 11.9 Å². The van der Waals surface area contributed by atoms with Gasteiger partial charge in [-0.2, -0.15) is 0 Å². The molecule has 0 spiro atoms. The van der Waals surface area contributed by atoms with E-state index in [2.05, 4.69) is 6.58 Å². The van der Waals surface area contributed by atoms with Gasteiger partial charge in [-0.05, 0) is 18.8 Å². The number of nitrogens with two attached hydrogens (primary N) is 1. The van der Waals surface area contributed by atoms with Crippen molar-refractivity contribution >= 4 is 7.12 Å². The number of rotatable bonds is 3. The van der Waals surface area contributed by atoms with Crippen molar-refractivity contribution in [3.05, 3.63) is 12.1 Å². The maximum atomic E-state index is 8.47. The minimum Gasteiger partial charge on any atom is -0.423 e. The van der Waals surface area contributed by atoms with Gasteiger partial charge in [0.25, 0.3) is 0 Å². The Balaban J connectivity index is 3.51. The van der Waals surface area contributed by atoms with Gasteiger partial charge in [0, 0.05) is 6.04 Å². The van der Waals surface area contributed by atoms with E-state index in [1.807, 2.05) is 0 Å². The lowest BCUT2D eigenvalue weighted by atomic mass is 9.77. The average molecular weight is 129 g/mol. The van der Waals surface area contributed by atoms with Gasteiger partial charge in [0.15, 0.2) is 0 Å². The topological polar surface area (TPSA) is 66.5 Å². The monoisotopic (exact) mass is 129 g/mol. The number of hydrogen-bond donors (Lipinski definition) is 3. The molecule has 0 rings (SSSR count). The average Bonchev–Trinajstić information content (AvgIpc) is 1.63. The van der Waals surface area contributed by atoms with Crippen LogP contribution in [0.5, 0.6) is 0 Å². The highest BCUT2D eigenvalue weighted by atomic mass is 16.4. The van der Waals surface area contributed by atoms with Crippen molar-refractivity contribution < 1.29 is 10.0 Å². The summed E-state index contributed by atoms with van der Waals surface area (Å²) in [5, 5.41) is 16.9. The fourth-order valence-electron chi connectivity index (χ4n) is 0.519. The lowest BCUT2D eigenvalue weighted by Crippen LogP contribution is -2.22. The molecule has 0 amide bonds. The normalized spacial score (nSPS) is 12.9. The summed E-state index contributed by atoms with van der Waals surface area (Å²) < 4.78 is 0. The Morgan fingerprint density at radius 3 is 2.33 bits per heavy atom. The highest BCUT2D eigenvalue weighted by molar-refractivity contribution is 6.50. The van der Waals surface area contributed by atoms with Gasteiger partial charge in [-0.25, -0.2) is 0 Å². The van der Waals surface area contributed by atoms with Crippen molar-refractivity contribution in [2.24, 2.45) is 5.73 Å². The van der Waals surface area contributed by atoms with E-state index in [9.17, 15) is 0 Å².